The Bertz CT molecular complexity index is 801. The Hall–Kier alpha value is -2.62. The summed E-state index contributed by atoms with van der Waals surface area (Å²) in [7, 11) is 0. The summed E-state index contributed by atoms with van der Waals surface area (Å²) in [6.07, 6.45) is 1.06. The predicted molar refractivity (Wildman–Crippen MR) is 109 cm³/mol. The van der Waals surface area contributed by atoms with Gasteiger partial charge in [0, 0.05) is 12.1 Å². The predicted octanol–water partition coefficient (Wildman–Crippen LogP) is 5.04. The van der Waals surface area contributed by atoms with Crippen LogP contribution in [0.1, 0.15) is 61.2 Å². The van der Waals surface area contributed by atoms with E-state index in [9.17, 15) is 9.59 Å². The van der Waals surface area contributed by atoms with Gasteiger partial charge < -0.3 is 10.1 Å². The first-order valence-electron chi connectivity index (χ1n) is 9.38. The quantitative estimate of drug-likeness (QED) is 0.728. The Balaban J connectivity index is 1.98. The van der Waals surface area contributed by atoms with E-state index >= 15 is 0 Å². The monoisotopic (exact) mass is 367 g/mol. The number of esters is 1. The summed E-state index contributed by atoms with van der Waals surface area (Å²) in [6, 6.07) is 13.7. The van der Waals surface area contributed by atoms with Gasteiger partial charge in [-0.2, -0.15) is 0 Å². The van der Waals surface area contributed by atoms with Gasteiger partial charge in [0.05, 0.1) is 12.2 Å². The lowest BCUT2D eigenvalue weighted by Crippen LogP contribution is -2.15. The van der Waals surface area contributed by atoms with Gasteiger partial charge in [-0.1, -0.05) is 51.1 Å². The number of anilines is 1. The van der Waals surface area contributed by atoms with Crippen LogP contribution in [0.15, 0.2) is 42.5 Å². The summed E-state index contributed by atoms with van der Waals surface area (Å²) in [5.41, 5.74) is 4.38. The Morgan fingerprint density at radius 1 is 1.04 bits per heavy atom. The number of hydrogen-bond acceptors (Lipinski definition) is 3. The second kappa shape index (κ2) is 8.85. The molecule has 0 radical (unpaired) electrons. The molecule has 1 N–H and O–H groups in total. The van der Waals surface area contributed by atoms with Crippen molar-refractivity contribution >= 4 is 17.6 Å². The molecule has 2 aromatic carbocycles. The average Bonchev–Trinajstić information content (AvgIpc) is 2.61. The Morgan fingerprint density at radius 3 is 2.30 bits per heavy atom. The van der Waals surface area contributed by atoms with E-state index in [1.807, 2.05) is 6.92 Å². The molecule has 0 saturated heterocycles. The molecule has 144 valence electrons. The molecule has 27 heavy (non-hydrogen) atoms. The van der Waals surface area contributed by atoms with Gasteiger partial charge in [0.2, 0.25) is 5.91 Å². The number of ether oxygens (including phenoxy) is 1. The molecular formula is C23H29NO3. The summed E-state index contributed by atoms with van der Waals surface area (Å²) >= 11 is 0. The zero-order chi connectivity index (χ0) is 20.0. The topological polar surface area (TPSA) is 55.4 Å². The lowest BCUT2D eigenvalue weighted by atomic mass is 9.86. The van der Waals surface area contributed by atoms with E-state index in [1.165, 1.54) is 5.56 Å². The smallest absolute Gasteiger partial charge is 0.338 e. The van der Waals surface area contributed by atoms with Crippen LogP contribution in [0, 0.1) is 6.92 Å². The van der Waals surface area contributed by atoms with Crippen molar-refractivity contribution in [3.63, 3.8) is 0 Å². The van der Waals surface area contributed by atoms with E-state index in [2.05, 4.69) is 50.4 Å². The minimum atomic E-state index is -0.370. The summed E-state index contributed by atoms with van der Waals surface area (Å²) in [5.74, 6) is -0.441. The summed E-state index contributed by atoms with van der Waals surface area (Å²) in [4.78, 5) is 24.3. The van der Waals surface area contributed by atoms with Gasteiger partial charge in [-0.05, 0) is 54.5 Å². The molecule has 4 heteroatoms. The van der Waals surface area contributed by atoms with Crippen LogP contribution in [-0.4, -0.2) is 18.5 Å². The summed E-state index contributed by atoms with van der Waals surface area (Å²) in [5, 5.41) is 2.91. The van der Waals surface area contributed by atoms with Gasteiger partial charge >= 0.3 is 5.97 Å². The van der Waals surface area contributed by atoms with E-state index in [0.717, 1.165) is 11.1 Å². The maximum atomic E-state index is 12.3. The van der Waals surface area contributed by atoms with Crippen LogP contribution in [0.2, 0.25) is 0 Å². The van der Waals surface area contributed by atoms with Crippen molar-refractivity contribution in [1.82, 2.24) is 0 Å². The average molecular weight is 367 g/mol. The molecule has 0 fully saturated rings. The molecule has 1 amide bonds. The van der Waals surface area contributed by atoms with Crippen molar-refractivity contribution in [3.8, 4) is 0 Å². The van der Waals surface area contributed by atoms with Gasteiger partial charge in [0.15, 0.2) is 0 Å². The number of benzene rings is 2. The van der Waals surface area contributed by atoms with Crippen LogP contribution in [-0.2, 0) is 21.4 Å². The Labute approximate surface area is 161 Å². The lowest BCUT2D eigenvalue weighted by molar-refractivity contribution is -0.116. The fraction of sp³-hybridized carbons (Fsp3) is 0.391. The standard InChI is InChI=1S/C23H29NO3/c1-6-27-22(26)19-8-7-9-20(16(19)2)24-21(25)15-12-17-10-13-18(14-11-17)23(3,4)5/h7-11,13-14H,6,12,15H2,1-5H3,(H,24,25). The van der Waals surface area contributed by atoms with Gasteiger partial charge in [-0.15, -0.1) is 0 Å². The normalized spacial score (nSPS) is 11.1. The van der Waals surface area contributed by atoms with Crippen molar-refractivity contribution in [1.29, 1.82) is 0 Å². The summed E-state index contributed by atoms with van der Waals surface area (Å²) in [6.45, 7) is 10.5. The van der Waals surface area contributed by atoms with Gasteiger partial charge in [-0.25, -0.2) is 4.79 Å². The van der Waals surface area contributed by atoms with Crippen molar-refractivity contribution in [2.45, 2.75) is 52.9 Å². The molecular weight excluding hydrogens is 338 g/mol. The SMILES string of the molecule is CCOC(=O)c1cccc(NC(=O)CCc2ccc(C(C)(C)C)cc2)c1C. The van der Waals surface area contributed by atoms with E-state index in [1.54, 1.807) is 25.1 Å². The number of aryl methyl sites for hydroxylation is 1. The molecule has 0 unspecified atom stereocenters. The first kappa shape index (κ1) is 20.7. The van der Waals surface area contributed by atoms with Crippen LogP contribution >= 0.6 is 0 Å². The molecule has 0 spiro atoms. The highest BCUT2D eigenvalue weighted by molar-refractivity contribution is 5.96. The molecule has 0 aliphatic rings. The van der Waals surface area contributed by atoms with Crippen LogP contribution < -0.4 is 5.32 Å². The number of carbonyl (C=O) groups is 2. The molecule has 4 nitrogen and oxygen atoms in total. The first-order chi connectivity index (χ1) is 12.7. The van der Waals surface area contributed by atoms with Crippen molar-refractivity contribution in [2.75, 3.05) is 11.9 Å². The van der Waals surface area contributed by atoms with Gasteiger partial charge in [0.1, 0.15) is 0 Å². The fourth-order valence-electron chi connectivity index (χ4n) is 2.84. The van der Waals surface area contributed by atoms with E-state index in [0.29, 0.717) is 30.7 Å². The number of amides is 1. The van der Waals surface area contributed by atoms with E-state index < -0.39 is 0 Å². The number of carbonyl (C=O) groups excluding carboxylic acids is 2. The van der Waals surface area contributed by atoms with Crippen LogP contribution in [0.5, 0.6) is 0 Å². The van der Waals surface area contributed by atoms with Crippen LogP contribution in [0.4, 0.5) is 5.69 Å². The maximum Gasteiger partial charge on any atom is 0.338 e. The number of rotatable bonds is 6. The minimum Gasteiger partial charge on any atom is -0.462 e. The number of nitrogens with one attached hydrogen (secondary N) is 1. The van der Waals surface area contributed by atoms with Crippen LogP contribution in [0.3, 0.4) is 0 Å². The summed E-state index contributed by atoms with van der Waals surface area (Å²) < 4.78 is 5.06. The molecule has 2 aromatic rings. The maximum absolute atomic E-state index is 12.3. The molecule has 0 aliphatic carbocycles. The second-order valence-electron chi connectivity index (χ2n) is 7.69. The first-order valence-corrected chi connectivity index (χ1v) is 9.38. The van der Waals surface area contributed by atoms with E-state index in [-0.39, 0.29) is 17.3 Å². The van der Waals surface area contributed by atoms with Crippen LogP contribution in [0.25, 0.3) is 0 Å². The van der Waals surface area contributed by atoms with E-state index in [4.69, 9.17) is 4.74 Å². The van der Waals surface area contributed by atoms with Gasteiger partial charge in [-0.3, -0.25) is 4.79 Å². The molecule has 0 saturated carbocycles. The lowest BCUT2D eigenvalue weighted by Gasteiger charge is -2.19. The Morgan fingerprint density at radius 2 is 1.70 bits per heavy atom. The van der Waals surface area contributed by atoms with Crippen molar-refractivity contribution < 1.29 is 14.3 Å². The second-order valence-corrected chi connectivity index (χ2v) is 7.69. The molecule has 0 bridgehead atoms. The highest BCUT2D eigenvalue weighted by atomic mass is 16.5. The molecule has 0 heterocycles. The minimum absolute atomic E-state index is 0.0704. The molecule has 0 atom stereocenters. The molecule has 0 aromatic heterocycles. The third-order valence-corrected chi connectivity index (χ3v) is 4.56. The zero-order valence-corrected chi connectivity index (χ0v) is 16.9. The third-order valence-electron chi connectivity index (χ3n) is 4.56. The van der Waals surface area contributed by atoms with Crippen molar-refractivity contribution in [3.05, 3.63) is 64.7 Å². The largest absolute Gasteiger partial charge is 0.462 e. The number of hydrogen-bond donors (Lipinski definition) is 1. The fourth-order valence-corrected chi connectivity index (χ4v) is 2.84. The Kier molecular flexibility index (Phi) is 6.78. The molecule has 0 aliphatic heterocycles. The molecule has 2 rings (SSSR count). The highest BCUT2D eigenvalue weighted by Crippen LogP contribution is 2.23. The highest BCUT2D eigenvalue weighted by Gasteiger charge is 2.15. The van der Waals surface area contributed by atoms with Gasteiger partial charge in [0.25, 0.3) is 0 Å². The van der Waals surface area contributed by atoms with Crippen molar-refractivity contribution in [2.24, 2.45) is 0 Å². The zero-order valence-electron chi connectivity index (χ0n) is 16.9. The third kappa shape index (κ3) is 5.68.